The van der Waals surface area contributed by atoms with Crippen molar-refractivity contribution in [2.75, 3.05) is 31.9 Å². The van der Waals surface area contributed by atoms with Crippen molar-refractivity contribution < 1.29 is 4.79 Å². The molecule has 1 atom stereocenters. The molecule has 1 unspecified atom stereocenters. The first-order valence-corrected chi connectivity index (χ1v) is 13.5. The Morgan fingerprint density at radius 1 is 1.03 bits per heavy atom. The van der Waals surface area contributed by atoms with Crippen LogP contribution in [0.25, 0.3) is 5.70 Å². The van der Waals surface area contributed by atoms with Crippen molar-refractivity contribution in [3.63, 3.8) is 0 Å². The van der Waals surface area contributed by atoms with Crippen LogP contribution in [0.1, 0.15) is 43.4 Å². The van der Waals surface area contributed by atoms with E-state index in [1.54, 1.807) is 12.4 Å². The summed E-state index contributed by atoms with van der Waals surface area (Å²) in [6, 6.07) is 6.45. The Bertz CT molecular complexity index is 1200. The van der Waals surface area contributed by atoms with Crippen LogP contribution in [0.3, 0.4) is 0 Å². The third-order valence-corrected chi connectivity index (χ3v) is 8.26. The molecule has 3 aliphatic heterocycles. The van der Waals surface area contributed by atoms with Gasteiger partial charge in [0.2, 0.25) is 11.9 Å². The molecule has 37 heavy (non-hydrogen) atoms. The van der Waals surface area contributed by atoms with Crippen LogP contribution >= 0.6 is 0 Å². The van der Waals surface area contributed by atoms with Gasteiger partial charge >= 0.3 is 0 Å². The zero-order chi connectivity index (χ0) is 25.2. The molecule has 2 aromatic heterocycles. The number of nitrogens with one attached hydrogen (secondary N) is 1. The van der Waals surface area contributed by atoms with Crippen molar-refractivity contribution in [2.45, 2.75) is 44.7 Å². The number of carbonyl (C=O) groups excluding carboxylic acids is 1. The van der Waals surface area contributed by atoms with E-state index in [1.165, 1.54) is 16.8 Å². The molecule has 0 radical (unpaired) electrons. The number of nitrogens with two attached hydrogens (primary N) is 1. The highest BCUT2D eigenvalue weighted by molar-refractivity contribution is 5.79. The summed E-state index contributed by atoms with van der Waals surface area (Å²) in [5, 5.41) is 3.76. The number of rotatable bonds is 5. The lowest BCUT2D eigenvalue weighted by Crippen LogP contribution is -2.45. The molecule has 1 amide bonds. The number of pyridine rings is 1. The smallest absolute Gasteiger partial charge is 0.225 e. The Labute approximate surface area is 218 Å². The maximum absolute atomic E-state index is 13.4. The molecule has 6 rings (SSSR count). The van der Waals surface area contributed by atoms with E-state index >= 15 is 0 Å². The summed E-state index contributed by atoms with van der Waals surface area (Å²) in [6.45, 7) is 4.32. The number of fused-ring (bicyclic) bond motifs is 1. The molecular weight excluding hydrogens is 462 g/mol. The fraction of sp³-hybridized carbons (Fsp3) is 0.448. The van der Waals surface area contributed by atoms with Crippen molar-refractivity contribution in [3.8, 4) is 0 Å². The van der Waals surface area contributed by atoms with Crippen LogP contribution in [0.2, 0.25) is 0 Å². The normalized spacial score (nSPS) is 23.1. The average Bonchev–Trinajstić information content (AvgIpc) is 3.35. The number of aromatic nitrogens is 3. The van der Waals surface area contributed by atoms with Gasteiger partial charge in [0.05, 0.1) is 17.4 Å². The molecule has 5 heterocycles. The standard InChI is InChI=1S/C29H35N7O/c30-29-32-17-20(18-33-29)19-35-13-8-22(9-14-35)28(37)36-15-10-21(11-16-36)26-23-5-1-2-6-24(23)34-27(26)25-7-3-4-12-31-25/h1-5,7,12,17-18,21-22,24,34H,6,8-11,13-16,19H2,(H2,30,32,33). The molecule has 1 aliphatic carbocycles. The quantitative estimate of drug-likeness (QED) is 0.654. The number of amides is 1. The number of hydrogen-bond acceptors (Lipinski definition) is 7. The van der Waals surface area contributed by atoms with Crippen LogP contribution in [-0.2, 0) is 11.3 Å². The van der Waals surface area contributed by atoms with E-state index in [9.17, 15) is 4.79 Å². The van der Waals surface area contributed by atoms with Gasteiger partial charge in [0, 0.05) is 49.7 Å². The van der Waals surface area contributed by atoms with Crippen molar-refractivity contribution in [2.24, 2.45) is 11.8 Å². The van der Waals surface area contributed by atoms with Crippen molar-refractivity contribution in [1.29, 1.82) is 0 Å². The zero-order valence-electron chi connectivity index (χ0n) is 21.2. The lowest BCUT2D eigenvalue weighted by Gasteiger charge is -2.38. The van der Waals surface area contributed by atoms with Gasteiger partial charge in [-0.3, -0.25) is 14.7 Å². The maximum Gasteiger partial charge on any atom is 0.225 e. The second-order valence-electron chi connectivity index (χ2n) is 10.6. The summed E-state index contributed by atoms with van der Waals surface area (Å²) < 4.78 is 0. The molecule has 4 aliphatic rings. The van der Waals surface area contributed by atoms with Gasteiger partial charge in [-0.1, -0.05) is 24.3 Å². The van der Waals surface area contributed by atoms with E-state index in [0.29, 0.717) is 23.8 Å². The zero-order valence-corrected chi connectivity index (χ0v) is 21.2. The number of allylic oxidation sites excluding steroid dienone is 2. The van der Waals surface area contributed by atoms with Crippen molar-refractivity contribution in [3.05, 3.63) is 77.4 Å². The van der Waals surface area contributed by atoms with Crippen molar-refractivity contribution >= 4 is 17.6 Å². The molecular formula is C29H35N7O. The monoisotopic (exact) mass is 497 g/mol. The van der Waals surface area contributed by atoms with Gasteiger partial charge in [0.15, 0.2) is 0 Å². The first-order valence-electron chi connectivity index (χ1n) is 13.5. The van der Waals surface area contributed by atoms with Gasteiger partial charge in [-0.2, -0.15) is 0 Å². The highest BCUT2D eigenvalue weighted by Gasteiger charge is 2.37. The molecule has 8 nitrogen and oxygen atoms in total. The summed E-state index contributed by atoms with van der Waals surface area (Å²) in [5.74, 6) is 1.22. The molecule has 2 fully saturated rings. The third-order valence-electron chi connectivity index (χ3n) is 8.26. The summed E-state index contributed by atoms with van der Waals surface area (Å²) in [6.07, 6.45) is 17.0. The predicted molar refractivity (Wildman–Crippen MR) is 144 cm³/mol. The Hall–Kier alpha value is -3.52. The fourth-order valence-corrected chi connectivity index (χ4v) is 6.29. The average molecular weight is 498 g/mol. The summed E-state index contributed by atoms with van der Waals surface area (Å²) >= 11 is 0. The molecule has 8 heteroatoms. The fourth-order valence-electron chi connectivity index (χ4n) is 6.29. The highest BCUT2D eigenvalue weighted by Crippen LogP contribution is 2.42. The Kier molecular flexibility index (Phi) is 6.74. The van der Waals surface area contributed by atoms with E-state index in [-0.39, 0.29) is 5.92 Å². The van der Waals surface area contributed by atoms with Gasteiger partial charge in [-0.05, 0) is 74.4 Å². The number of piperidine rings is 2. The molecule has 0 spiro atoms. The Morgan fingerprint density at radius 2 is 1.81 bits per heavy atom. The van der Waals surface area contributed by atoms with Crippen LogP contribution in [0.15, 0.2) is 66.2 Å². The minimum absolute atomic E-state index is 0.127. The molecule has 3 N–H and O–H groups in total. The van der Waals surface area contributed by atoms with Gasteiger partial charge in [0.1, 0.15) is 0 Å². The summed E-state index contributed by atoms with van der Waals surface area (Å²) in [5.41, 5.74) is 11.7. The third kappa shape index (κ3) is 5.03. The number of carbonyl (C=O) groups is 1. The second kappa shape index (κ2) is 10.5. The predicted octanol–water partition coefficient (Wildman–Crippen LogP) is 3.17. The van der Waals surface area contributed by atoms with Crippen molar-refractivity contribution in [1.82, 2.24) is 30.1 Å². The van der Waals surface area contributed by atoms with E-state index < -0.39 is 0 Å². The number of likely N-dealkylation sites (tertiary alicyclic amines) is 2. The van der Waals surface area contributed by atoms with E-state index in [2.05, 4.69) is 60.4 Å². The molecule has 0 aromatic carbocycles. The maximum atomic E-state index is 13.4. The summed E-state index contributed by atoms with van der Waals surface area (Å²) in [4.78, 5) is 30.8. The van der Waals surface area contributed by atoms with Crippen LogP contribution in [-0.4, -0.2) is 62.9 Å². The number of hydrogen-bond donors (Lipinski definition) is 2. The van der Waals surface area contributed by atoms with E-state index in [1.807, 2.05) is 12.3 Å². The lowest BCUT2D eigenvalue weighted by atomic mass is 9.81. The van der Waals surface area contributed by atoms with Gasteiger partial charge in [0.25, 0.3) is 0 Å². The molecule has 0 saturated carbocycles. The molecule has 0 bridgehead atoms. The van der Waals surface area contributed by atoms with Crippen LogP contribution < -0.4 is 11.1 Å². The highest BCUT2D eigenvalue weighted by atomic mass is 16.2. The van der Waals surface area contributed by atoms with E-state index in [0.717, 1.165) is 76.1 Å². The molecule has 2 saturated heterocycles. The minimum Gasteiger partial charge on any atom is -0.376 e. The van der Waals surface area contributed by atoms with Gasteiger partial charge in [-0.15, -0.1) is 0 Å². The van der Waals surface area contributed by atoms with Crippen LogP contribution in [0, 0.1) is 11.8 Å². The van der Waals surface area contributed by atoms with Gasteiger partial charge in [-0.25, -0.2) is 9.97 Å². The number of nitrogens with zero attached hydrogens (tertiary/aromatic N) is 5. The van der Waals surface area contributed by atoms with Gasteiger partial charge < -0.3 is 16.0 Å². The summed E-state index contributed by atoms with van der Waals surface area (Å²) in [7, 11) is 0. The molecule has 2 aromatic rings. The largest absolute Gasteiger partial charge is 0.376 e. The number of anilines is 1. The molecule has 192 valence electrons. The van der Waals surface area contributed by atoms with Crippen LogP contribution in [0.4, 0.5) is 5.95 Å². The number of nitrogen functional groups attached to an aromatic ring is 1. The first-order chi connectivity index (χ1) is 18.2. The minimum atomic E-state index is 0.127. The Morgan fingerprint density at radius 3 is 2.54 bits per heavy atom. The van der Waals surface area contributed by atoms with Crippen LogP contribution in [0.5, 0.6) is 0 Å². The van der Waals surface area contributed by atoms with E-state index in [4.69, 9.17) is 5.73 Å². The first kappa shape index (κ1) is 23.9. The second-order valence-corrected chi connectivity index (χ2v) is 10.6. The SMILES string of the molecule is Nc1ncc(CN2CCC(C(=O)N3CCC(C4=C(c5ccccn5)NC5CC=CC=C45)CC3)CC2)cn1. The topological polar surface area (TPSA) is 100 Å². The lowest BCUT2D eigenvalue weighted by molar-refractivity contribution is -0.138. The Balaban J connectivity index is 1.07.